The molecular weight excluding hydrogens is 422 g/mol. The minimum Gasteiger partial charge on any atom is -0.497 e. The minimum atomic E-state index is -3.84. The Bertz CT molecular complexity index is 1280. The first-order valence-electron chi connectivity index (χ1n) is 9.84. The Morgan fingerprint density at radius 1 is 1.19 bits per heavy atom. The molecule has 1 aromatic heterocycles. The number of fused-ring (bicyclic) bond motifs is 1. The summed E-state index contributed by atoms with van der Waals surface area (Å²) in [5, 5.41) is 2.84. The van der Waals surface area contributed by atoms with Gasteiger partial charge >= 0.3 is 5.76 Å². The zero-order chi connectivity index (χ0) is 22.2. The number of aryl methyl sites for hydroxylation is 1. The molecule has 0 saturated carbocycles. The highest BCUT2D eigenvalue weighted by Gasteiger charge is 2.33. The number of methoxy groups -OCH3 is 1. The number of anilines is 1. The molecule has 1 amide bonds. The highest BCUT2D eigenvalue weighted by atomic mass is 32.2. The summed E-state index contributed by atoms with van der Waals surface area (Å²) >= 11 is 0. The van der Waals surface area contributed by atoms with E-state index in [2.05, 4.69) is 5.32 Å². The molecule has 10 heteroatoms. The molecule has 1 N–H and O–H groups in total. The van der Waals surface area contributed by atoms with Crippen LogP contribution in [0.5, 0.6) is 5.75 Å². The van der Waals surface area contributed by atoms with Crippen molar-refractivity contribution in [2.45, 2.75) is 17.7 Å². The normalized spacial score (nSPS) is 17.5. The van der Waals surface area contributed by atoms with Crippen LogP contribution >= 0.6 is 0 Å². The summed E-state index contributed by atoms with van der Waals surface area (Å²) in [5.74, 6) is -0.574. The van der Waals surface area contributed by atoms with Crippen molar-refractivity contribution in [3.63, 3.8) is 0 Å². The standard InChI is InChI=1S/C21H23N3O6S/c1-23-18-10-9-17(12-19(18)30-21(23)26)31(27,28)24-11-3-4-14(13-24)20(25)22-15-5-7-16(29-2)8-6-15/h5-10,12,14H,3-4,11,13H2,1-2H3,(H,22,25)/t14-/m0/s1. The number of oxazole rings is 1. The Hall–Kier alpha value is -3.11. The molecule has 1 aliphatic heterocycles. The number of ether oxygens (including phenoxy) is 1. The van der Waals surface area contributed by atoms with Gasteiger partial charge in [0.1, 0.15) is 5.75 Å². The summed E-state index contributed by atoms with van der Waals surface area (Å²) < 4.78 is 39.2. The topological polar surface area (TPSA) is 111 Å². The second kappa shape index (κ2) is 8.20. The molecule has 31 heavy (non-hydrogen) atoms. The minimum absolute atomic E-state index is 0.0329. The van der Waals surface area contributed by atoms with E-state index in [9.17, 15) is 18.0 Å². The maximum atomic E-state index is 13.2. The molecule has 0 unspecified atom stereocenters. The highest BCUT2D eigenvalue weighted by molar-refractivity contribution is 7.89. The third kappa shape index (κ3) is 4.08. The molecule has 1 fully saturated rings. The first-order chi connectivity index (χ1) is 14.8. The molecule has 1 atom stereocenters. The van der Waals surface area contributed by atoms with Gasteiger partial charge in [0.15, 0.2) is 5.58 Å². The molecule has 4 rings (SSSR count). The van der Waals surface area contributed by atoms with Gasteiger partial charge in [0.25, 0.3) is 0 Å². The third-order valence-electron chi connectivity index (χ3n) is 5.51. The number of rotatable bonds is 5. The number of aromatic nitrogens is 1. The summed E-state index contributed by atoms with van der Waals surface area (Å²) in [6, 6.07) is 11.3. The molecule has 9 nitrogen and oxygen atoms in total. The molecule has 2 heterocycles. The largest absolute Gasteiger partial charge is 0.497 e. The van der Waals surface area contributed by atoms with E-state index in [0.717, 1.165) is 0 Å². The van der Waals surface area contributed by atoms with Crippen LogP contribution in [0, 0.1) is 5.92 Å². The van der Waals surface area contributed by atoms with Gasteiger partial charge in [-0.1, -0.05) is 0 Å². The number of sulfonamides is 1. The maximum Gasteiger partial charge on any atom is 0.419 e. The fraction of sp³-hybridized carbons (Fsp3) is 0.333. The molecule has 164 valence electrons. The summed E-state index contributed by atoms with van der Waals surface area (Å²) in [5.41, 5.74) is 1.34. The van der Waals surface area contributed by atoms with E-state index in [1.54, 1.807) is 44.5 Å². The summed E-state index contributed by atoms with van der Waals surface area (Å²) in [4.78, 5) is 24.5. The van der Waals surface area contributed by atoms with Crippen molar-refractivity contribution in [2.75, 3.05) is 25.5 Å². The van der Waals surface area contributed by atoms with Crippen LogP contribution in [-0.2, 0) is 21.9 Å². The van der Waals surface area contributed by atoms with Crippen LogP contribution < -0.4 is 15.8 Å². The van der Waals surface area contributed by atoms with E-state index in [-0.39, 0.29) is 22.9 Å². The number of carbonyl (C=O) groups excluding carboxylic acids is 1. The van der Waals surface area contributed by atoms with Crippen molar-refractivity contribution < 1.29 is 22.4 Å². The first kappa shape index (κ1) is 21.1. The van der Waals surface area contributed by atoms with E-state index in [1.807, 2.05) is 0 Å². The maximum absolute atomic E-state index is 13.2. The van der Waals surface area contributed by atoms with Crippen molar-refractivity contribution in [2.24, 2.45) is 13.0 Å². The van der Waals surface area contributed by atoms with Gasteiger partial charge in [0.2, 0.25) is 15.9 Å². The number of benzene rings is 2. The van der Waals surface area contributed by atoms with Gasteiger partial charge in [-0.2, -0.15) is 4.31 Å². The van der Waals surface area contributed by atoms with Crippen LogP contribution in [-0.4, -0.2) is 43.4 Å². The third-order valence-corrected chi connectivity index (χ3v) is 7.38. The van der Waals surface area contributed by atoms with Crippen LogP contribution in [0.15, 0.2) is 56.6 Å². The van der Waals surface area contributed by atoms with E-state index in [1.165, 1.54) is 21.0 Å². The molecule has 0 spiro atoms. The number of hydrogen-bond donors (Lipinski definition) is 1. The molecular formula is C21H23N3O6S. The Morgan fingerprint density at radius 3 is 2.65 bits per heavy atom. The van der Waals surface area contributed by atoms with Crippen molar-refractivity contribution in [1.29, 1.82) is 0 Å². The van der Waals surface area contributed by atoms with Gasteiger partial charge in [-0.3, -0.25) is 9.36 Å². The number of carbonyl (C=O) groups is 1. The van der Waals surface area contributed by atoms with Crippen LogP contribution in [0.25, 0.3) is 11.1 Å². The van der Waals surface area contributed by atoms with Crippen LogP contribution in [0.4, 0.5) is 5.69 Å². The van der Waals surface area contributed by atoms with Gasteiger partial charge in [-0.15, -0.1) is 0 Å². The fourth-order valence-corrected chi connectivity index (χ4v) is 5.26. The lowest BCUT2D eigenvalue weighted by molar-refractivity contribution is -0.120. The van der Waals surface area contributed by atoms with Crippen LogP contribution in [0.1, 0.15) is 12.8 Å². The quantitative estimate of drug-likeness (QED) is 0.644. The summed E-state index contributed by atoms with van der Waals surface area (Å²) in [6.07, 6.45) is 1.17. The van der Waals surface area contributed by atoms with E-state index < -0.39 is 21.7 Å². The number of hydrogen-bond acceptors (Lipinski definition) is 6. The number of amides is 1. The molecule has 1 aliphatic rings. The van der Waals surface area contributed by atoms with Gasteiger partial charge in [0, 0.05) is 31.9 Å². The van der Waals surface area contributed by atoms with Crippen molar-refractivity contribution in [3.8, 4) is 5.75 Å². The summed E-state index contributed by atoms with van der Waals surface area (Å²) in [7, 11) is -0.722. The van der Waals surface area contributed by atoms with Crippen molar-refractivity contribution >= 4 is 32.7 Å². The molecule has 0 radical (unpaired) electrons. The Kier molecular flexibility index (Phi) is 5.59. The average molecular weight is 445 g/mol. The van der Waals surface area contributed by atoms with Gasteiger partial charge in [-0.25, -0.2) is 13.2 Å². The van der Waals surface area contributed by atoms with Gasteiger partial charge in [0.05, 0.1) is 23.4 Å². The van der Waals surface area contributed by atoms with Crippen molar-refractivity contribution in [1.82, 2.24) is 8.87 Å². The second-order valence-corrected chi connectivity index (χ2v) is 9.41. The number of nitrogens with one attached hydrogen (secondary N) is 1. The van der Waals surface area contributed by atoms with Crippen LogP contribution in [0.3, 0.4) is 0 Å². The molecule has 0 aliphatic carbocycles. The second-order valence-electron chi connectivity index (χ2n) is 7.48. The Labute approximate surface area is 179 Å². The SMILES string of the molecule is COc1ccc(NC(=O)[C@H]2CCCN(S(=O)(=O)c3ccc4c(c3)oc(=O)n4C)C2)cc1. The predicted molar refractivity (Wildman–Crippen MR) is 115 cm³/mol. The number of piperidine rings is 1. The first-order valence-corrected chi connectivity index (χ1v) is 11.3. The zero-order valence-electron chi connectivity index (χ0n) is 17.2. The van der Waals surface area contributed by atoms with E-state index >= 15 is 0 Å². The van der Waals surface area contributed by atoms with Gasteiger partial charge in [-0.05, 0) is 49.2 Å². The lowest BCUT2D eigenvalue weighted by Gasteiger charge is -2.31. The van der Waals surface area contributed by atoms with Crippen LogP contribution in [0.2, 0.25) is 0 Å². The van der Waals surface area contributed by atoms with Crippen molar-refractivity contribution in [3.05, 3.63) is 53.0 Å². The summed E-state index contributed by atoms with van der Waals surface area (Å²) in [6.45, 7) is 0.409. The lowest BCUT2D eigenvalue weighted by Crippen LogP contribution is -2.43. The average Bonchev–Trinajstić information content (AvgIpc) is 3.07. The van der Waals surface area contributed by atoms with E-state index in [4.69, 9.17) is 9.15 Å². The predicted octanol–water partition coefficient (Wildman–Crippen LogP) is 2.18. The van der Waals surface area contributed by atoms with E-state index in [0.29, 0.717) is 36.3 Å². The highest BCUT2D eigenvalue weighted by Crippen LogP contribution is 2.27. The Morgan fingerprint density at radius 2 is 1.94 bits per heavy atom. The molecule has 1 saturated heterocycles. The smallest absolute Gasteiger partial charge is 0.419 e. The monoisotopic (exact) mass is 445 g/mol. The Balaban J connectivity index is 1.51. The molecule has 3 aromatic rings. The fourth-order valence-electron chi connectivity index (χ4n) is 3.72. The number of nitrogens with zero attached hydrogens (tertiary/aromatic N) is 2. The zero-order valence-corrected chi connectivity index (χ0v) is 18.0. The molecule has 0 bridgehead atoms. The lowest BCUT2D eigenvalue weighted by atomic mass is 9.99. The van der Waals surface area contributed by atoms with Gasteiger partial charge < -0.3 is 14.5 Å². The molecule has 2 aromatic carbocycles.